The van der Waals surface area contributed by atoms with Gasteiger partial charge in [-0.25, -0.2) is 0 Å². The maximum absolute atomic E-state index is 12.4. The lowest BCUT2D eigenvalue weighted by Gasteiger charge is -2.26. The van der Waals surface area contributed by atoms with E-state index in [4.69, 9.17) is 11.6 Å². The summed E-state index contributed by atoms with van der Waals surface area (Å²) in [5.74, 6) is 0. The Morgan fingerprint density at radius 1 is 1.29 bits per heavy atom. The molecule has 0 N–H and O–H groups in total. The number of halogens is 2. The zero-order chi connectivity index (χ0) is 15.6. The lowest BCUT2D eigenvalue weighted by molar-refractivity contribution is 0.344. The maximum atomic E-state index is 12.4. The zero-order valence-electron chi connectivity index (χ0n) is 12.3. The third kappa shape index (κ3) is 3.96. The van der Waals surface area contributed by atoms with Crippen LogP contribution in [0, 0.1) is 6.92 Å². The molecule has 0 fully saturated rings. The molecule has 3 nitrogen and oxygen atoms in total. The molecule has 0 spiro atoms. The van der Waals surface area contributed by atoms with Gasteiger partial charge in [0.1, 0.15) is 0 Å². The third-order valence-corrected chi connectivity index (χ3v) is 4.00. The normalized spacial score (nSPS) is 12.7. The molecule has 2 rings (SSSR count). The molecule has 21 heavy (non-hydrogen) atoms. The molecule has 0 radical (unpaired) electrons. The number of likely N-dealkylation sites (N-methyl/N-ethyl adjacent to an activating group) is 1. The molecule has 1 unspecified atom stereocenters. The molecular formula is C16H18BrClN2O. The molecular weight excluding hydrogens is 352 g/mol. The van der Waals surface area contributed by atoms with Crippen LogP contribution in [-0.2, 0) is 0 Å². The van der Waals surface area contributed by atoms with Gasteiger partial charge in [-0.1, -0.05) is 39.7 Å². The summed E-state index contributed by atoms with van der Waals surface area (Å²) in [6.45, 7) is 2.67. The Kier molecular flexibility index (Phi) is 5.25. The molecule has 1 aromatic carbocycles. The summed E-state index contributed by atoms with van der Waals surface area (Å²) in [7, 11) is 3.99. The number of nitrogens with zero attached hydrogens (tertiary/aromatic N) is 2. The van der Waals surface area contributed by atoms with Crippen LogP contribution in [0.5, 0.6) is 0 Å². The van der Waals surface area contributed by atoms with Crippen LogP contribution in [0.4, 0.5) is 0 Å². The van der Waals surface area contributed by atoms with Gasteiger partial charge < -0.3 is 9.47 Å². The Bertz CT molecular complexity index is 697. The van der Waals surface area contributed by atoms with Gasteiger partial charge in [0.25, 0.3) is 5.56 Å². The number of hydrogen-bond donors (Lipinski definition) is 0. The highest BCUT2D eigenvalue weighted by molar-refractivity contribution is 9.10. The molecule has 5 heteroatoms. The van der Waals surface area contributed by atoms with E-state index in [0.29, 0.717) is 5.02 Å². The first-order chi connectivity index (χ1) is 9.88. The molecule has 0 saturated carbocycles. The Balaban J connectivity index is 2.59. The predicted molar refractivity (Wildman–Crippen MR) is 91.3 cm³/mol. The van der Waals surface area contributed by atoms with Gasteiger partial charge in [0, 0.05) is 27.8 Å². The molecule has 0 aliphatic heterocycles. The van der Waals surface area contributed by atoms with Crippen LogP contribution >= 0.6 is 27.5 Å². The monoisotopic (exact) mass is 368 g/mol. The van der Waals surface area contributed by atoms with Crippen LogP contribution in [0.2, 0.25) is 5.02 Å². The van der Waals surface area contributed by atoms with Gasteiger partial charge in [-0.3, -0.25) is 4.79 Å². The van der Waals surface area contributed by atoms with E-state index in [1.807, 2.05) is 55.9 Å². The van der Waals surface area contributed by atoms with Gasteiger partial charge in [0.05, 0.1) is 6.04 Å². The van der Waals surface area contributed by atoms with E-state index in [9.17, 15) is 4.79 Å². The molecule has 1 heterocycles. The zero-order valence-corrected chi connectivity index (χ0v) is 14.6. The smallest absolute Gasteiger partial charge is 0.252 e. The van der Waals surface area contributed by atoms with Crippen molar-refractivity contribution < 1.29 is 0 Å². The first-order valence-electron chi connectivity index (χ1n) is 6.67. The molecule has 0 aliphatic carbocycles. The summed E-state index contributed by atoms with van der Waals surface area (Å²) >= 11 is 9.48. The Morgan fingerprint density at radius 3 is 2.57 bits per heavy atom. The topological polar surface area (TPSA) is 25.2 Å². The van der Waals surface area contributed by atoms with Crippen molar-refractivity contribution in [3.8, 4) is 0 Å². The van der Waals surface area contributed by atoms with Crippen molar-refractivity contribution in [1.29, 1.82) is 0 Å². The quantitative estimate of drug-likeness (QED) is 0.820. The summed E-state index contributed by atoms with van der Waals surface area (Å²) in [4.78, 5) is 14.5. The minimum Gasteiger partial charge on any atom is -0.307 e. The van der Waals surface area contributed by atoms with Crippen LogP contribution in [0.3, 0.4) is 0 Å². The van der Waals surface area contributed by atoms with E-state index in [2.05, 4.69) is 20.8 Å². The van der Waals surface area contributed by atoms with Gasteiger partial charge in [-0.15, -0.1) is 0 Å². The van der Waals surface area contributed by atoms with E-state index in [-0.39, 0.29) is 11.6 Å². The second kappa shape index (κ2) is 6.77. The molecule has 2 aromatic rings. The standard InChI is InChI=1S/C16H18BrClN2O/c1-11-7-13(17)9-16(21)20(11)15(10-19(2)3)12-5-4-6-14(18)8-12/h4-9,15H,10H2,1-3H3. The Labute approximate surface area is 138 Å². The summed E-state index contributed by atoms with van der Waals surface area (Å²) in [5.41, 5.74) is 1.93. The fourth-order valence-corrected chi connectivity index (χ4v) is 3.19. The van der Waals surface area contributed by atoms with Crippen molar-refractivity contribution >= 4 is 27.5 Å². The molecule has 0 bridgehead atoms. The number of hydrogen-bond acceptors (Lipinski definition) is 2. The van der Waals surface area contributed by atoms with E-state index in [0.717, 1.165) is 22.3 Å². The fraction of sp³-hybridized carbons (Fsp3) is 0.312. The summed E-state index contributed by atoms with van der Waals surface area (Å²) in [6, 6.07) is 11.2. The minimum atomic E-state index is -0.0701. The van der Waals surface area contributed by atoms with Gasteiger partial charge in [-0.2, -0.15) is 0 Å². The van der Waals surface area contributed by atoms with E-state index < -0.39 is 0 Å². The van der Waals surface area contributed by atoms with Crippen molar-refractivity contribution in [3.05, 3.63) is 67.5 Å². The average Bonchev–Trinajstić information content (AvgIpc) is 2.35. The predicted octanol–water partition coefficient (Wildman–Crippen LogP) is 3.72. The molecule has 112 valence electrons. The second-order valence-corrected chi connectivity index (χ2v) is 6.71. The van der Waals surface area contributed by atoms with Crippen LogP contribution in [0.15, 0.2) is 45.7 Å². The first kappa shape index (κ1) is 16.3. The highest BCUT2D eigenvalue weighted by Gasteiger charge is 2.18. The van der Waals surface area contributed by atoms with Gasteiger partial charge in [-0.05, 0) is 44.8 Å². The van der Waals surface area contributed by atoms with Crippen molar-refractivity contribution in [1.82, 2.24) is 9.47 Å². The number of aromatic nitrogens is 1. The van der Waals surface area contributed by atoms with Crippen molar-refractivity contribution in [2.24, 2.45) is 0 Å². The van der Waals surface area contributed by atoms with Crippen molar-refractivity contribution in [2.45, 2.75) is 13.0 Å². The fourth-order valence-electron chi connectivity index (χ4n) is 2.47. The van der Waals surface area contributed by atoms with E-state index in [1.165, 1.54) is 0 Å². The SMILES string of the molecule is Cc1cc(Br)cc(=O)n1C(CN(C)C)c1cccc(Cl)c1. The summed E-state index contributed by atoms with van der Waals surface area (Å²) in [5, 5.41) is 0.680. The van der Waals surface area contributed by atoms with Crippen molar-refractivity contribution in [3.63, 3.8) is 0 Å². The minimum absolute atomic E-state index is 0.0197. The number of pyridine rings is 1. The number of aryl methyl sites for hydroxylation is 1. The molecule has 0 saturated heterocycles. The molecule has 1 aromatic heterocycles. The average molecular weight is 370 g/mol. The molecule has 0 aliphatic rings. The highest BCUT2D eigenvalue weighted by atomic mass is 79.9. The lowest BCUT2D eigenvalue weighted by Crippen LogP contribution is -2.33. The van der Waals surface area contributed by atoms with Crippen LogP contribution < -0.4 is 5.56 Å². The largest absolute Gasteiger partial charge is 0.307 e. The first-order valence-corrected chi connectivity index (χ1v) is 7.84. The Morgan fingerprint density at radius 2 is 2.00 bits per heavy atom. The van der Waals surface area contributed by atoms with E-state index >= 15 is 0 Å². The van der Waals surface area contributed by atoms with Crippen LogP contribution in [-0.4, -0.2) is 30.1 Å². The summed E-state index contributed by atoms with van der Waals surface area (Å²) < 4.78 is 2.62. The van der Waals surface area contributed by atoms with Gasteiger partial charge >= 0.3 is 0 Å². The maximum Gasteiger partial charge on any atom is 0.252 e. The number of rotatable bonds is 4. The van der Waals surface area contributed by atoms with Gasteiger partial charge in [0.15, 0.2) is 0 Å². The third-order valence-electron chi connectivity index (χ3n) is 3.31. The van der Waals surface area contributed by atoms with Gasteiger partial charge in [0.2, 0.25) is 0 Å². The van der Waals surface area contributed by atoms with Crippen molar-refractivity contribution in [2.75, 3.05) is 20.6 Å². The van der Waals surface area contributed by atoms with Crippen LogP contribution in [0.1, 0.15) is 17.3 Å². The highest BCUT2D eigenvalue weighted by Crippen LogP contribution is 2.23. The molecule has 1 atom stereocenters. The lowest BCUT2D eigenvalue weighted by atomic mass is 10.1. The Hall–Kier alpha value is -1.10. The number of benzene rings is 1. The van der Waals surface area contributed by atoms with Crippen LogP contribution in [0.25, 0.3) is 0 Å². The van der Waals surface area contributed by atoms with E-state index in [1.54, 1.807) is 6.07 Å². The molecule has 0 amide bonds. The summed E-state index contributed by atoms with van der Waals surface area (Å²) in [6.07, 6.45) is 0. The second-order valence-electron chi connectivity index (χ2n) is 5.36.